The minimum Gasteiger partial charge on any atom is -0.345 e. The van der Waals surface area contributed by atoms with Gasteiger partial charge in [0.25, 0.3) is 5.91 Å². The lowest BCUT2D eigenvalue weighted by molar-refractivity contribution is -0.136. The average molecular weight is 359 g/mol. The van der Waals surface area contributed by atoms with E-state index in [4.69, 9.17) is 0 Å². The van der Waals surface area contributed by atoms with Crippen molar-refractivity contribution in [2.75, 3.05) is 19.6 Å². The number of ketones is 1. The second kappa shape index (κ2) is 8.94. The molecule has 1 aliphatic rings. The number of rotatable bonds is 7. The number of amides is 2. The van der Waals surface area contributed by atoms with Crippen LogP contribution in [0.4, 0.5) is 0 Å². The Bertz CT molecular complexity index is 641. The highest BCUT2D eigenvalue weighted by molar-refractivity contribution is 6.42. The van der Waals surface area contributed by atoms with E-state index in [2.05, 4.69) is 10.2 Å². The molecule has 1 aromatic carbocycles. The molecule has 0 unspecified atom stereocenters. The van der Waals surface area contributed by atoms with Crippen LogP contribution in [0.5, 0.6) is 0 Å². The Morgan fingerprint density at radius 2 is 1.77 bits per heavy atom. The molecule has 1 saturated heterocycles. The molecule has 142 valence electrons. The molecule has 26 heavy (non-hydrogen) atoms. The Kier molecular flexibility index (Phi) is 6.91. The second-order valence-corrected chi connectivity index (χ2v) is 6.92. The molecule has 0 spiro atoms. The molecule has 2 amide bonds. The lowest BCUT2D eigenvalue weighted by Crippen LogP contribution is -2.47. The molecule has 1 aliphatic heterocycles. The molecular formula is C20H29N3O3. The van der Waals surface area contributed by atoms with Gasteiger partial charge in [0, 0.05) is 37.3 Å². The lowest BCUT2D eigenvalue weighted by Gasteiger charge is -2.31. The van der Waals surface area contributed by atoms with Gasteiger partial charge in [-0.1, -0.05) is 30.3 Å². The van der Waals surface area contributed by atoms with Gasteiger partial charge in [0.05, 0.1) is 6.04 Å². The SMILES string of the molecule is CCN(CC)C(=O)[C@@H]1C[C@@H](NC(=O)C(=O)c2ccccc2)CN1C(C)C. The first-order valence-corrected chi connectivity index (χ1v) is 9.33. The predicted octanol–water partition coefficient (Wildman–Crippen LogP) is 1.71. The number of Topliss-reactive ketones (excluding diaryl/α,β-unsaturated/α-hetero) is 1. The number of hydrogen-bond donors (Lipinski definition) is 1. The van der Waals surface area contributed by atoms with Crippen molar-refractivity contribution < 1.29 is 14.4 Å². The Morgan fingerprint density at radius 3 is 2.31 bits per heavy atom. The standard InChI is InChI=1S/C20H29N3O3/c1-5-22(6-2)20(26)17-12-16(13-23(17)14(3)4)21-19(25)18(24)15-10-8-7-9-11-15/h7-11,14,16-17H,5-6,12-13H2,1-4H3,(H,21,25)/t16-,17+/m1/s1. The van der Waals surface area contributed by atoms with Gasteiger partial charge in [-0.2, -0.15) is 0 Å². The molecule has 0 radical (unpaired) electrons. The van der Waals surface area contributed by atoms with E-state index in [1.54, 1.807) is 30.3 Å². The second-order valence-electron chi connectivity index (χ2n) is 6.92. The van der Waals surface area contributed by atoms with Crippen molar-refractivity contribution in [3.63, 3.8) is 0 Å². The first kappa shape index (κ1) is 20.1. The van der Waals surface area contributed by atoms with Gasteiger partial charge in [0.2, 0.25) is 11.7 Å². The molecule has 1 N–H and O–H groups in total. The van der Waals surface area contributed by atoms with Crippen LogP contribution in [-0.2, 0) is 9.59 Å². The number of nitrogens with one attached hydrogen (secondary N) is 1. The van der Waals surface area contributed by atoms with Crippen LogP contribution in [0.3, 0.4) is 0 Å². The Labute approximate surface area is 155 Å². The highest BCUT2D eigenvalue weighted by atomic mass is 16.2. The van der Waals surface area contributed by atoms with Gasteiger partial charge in [-0.05, 0) is 34.1 Å². The predicted molar refractivity (Wildman–Crippen MR) is 101 cm³/mol. The summed E-state index contributed by atoms with van der Waals surface area (Å²) in [7, 11) is 0. The highest BCUT2D eigenvalue weighted by Crippen LogP contribution is 2.22. The average Bonchev–Trinajstić information content (AvgIpc) is 3.06. The Hall–Kier alpha value is -2.21. The van der Waals surface area contributed by atoms with Crippen molar-refractivity contribution in [2.24, 2.45) is 0 Å². The van der Waals surface area contributed by atoms with E-state index < -0.39 is 11.7 Å². The van der Waals surface area contributed by atoms with Crippen LogP contribution in [0.15, 0.2) is 30.3 Å². The number of hydrogen-bond acceptors (Lipinski definition) is 4. The van der Waals surface area contributed by atoms with Crippen molar-refractivity contribution in [1.82, 2.24) is 15.1 Å². The van der Waals surface area contributed by atoms with E-state index in [-0.39, 0.29) is 24.0 Å². The molecule has 2 rings (SSSR count). The maximum absolute atomic E-state index is 12.8. The number of benzene rings is 1. The zero-order chi connectivity index (χ0) is 19.3. The summed E-state index contributed by atoms with van der Waals surface area (Å²) in [5, 5.41) is 2.82. The van der Waals surface area contributed by atoms with Gasteiger partial charge < -0.3 is 10.2 Å². The highest BCUT2D eigenvalue weighted by Gasteiger charge is 2.40. The molecule has 0 saturated carbocycles. The topological polar surface area (TPSA) is 69.7 Å². The van der Waals surface area contributed by atoms with Crippen molar-refractivity contribution in [2.45, 2.75) is 52.2 Å². The third kappa shape index (κ3) is 4.49. The van der Waals surface area contributed by atoms with Crippen LogP contribution in [-0.4, -0.2) is 65.2 Å². The van der Waals surface area contributed by atoms with E-state index in [1.165, 1.54) is 0 Å². The fourth-order valence-corrected chi connectivity index (χ4v) is 3.50. The zero-order valence-corrected chi connectivity index (χ0v) is 16.1. The largest absolute Gasteiger partial charge is 0.345 e. The van der Waals surface area contributed by atoms with Crippen LogP contribution < -0.4 is 5.32 Å². The van der Waals surface area contributed by atoms with E-state index in [0.29, 0.717) is 31.6 Å². The van der Waals surface area contributed by atoms with Crippen molar-refractivity contribution in [1.29, 1.82) is 0 Å². The van der Waals surface area contributed by atoms with Gasteiger partial charge >= 0.3 is 0 Å². The maximum Gasteiger partial charge on any atom is 0.292 e. The molecule has 6 heteroatoms. The van der Waals surface area contributed by atoms with Crippen LogP contribution in [0.2, 0.25) is 0 Å². The summed E-state index contributed by atoms with van der Waals surface area (Å²) in [5.74, 6) is -1.06. The molecule has 0 aliphatic carbocycles. The summed E-state index contributed by atoms with van der Waals surface area (Å²) in [6.45, 7) is 9.93. The van der Waals surface area contributed by atoms with Gasteiger partial charge in [-0.25, -0.2) is 0 Å². The van der Waals surface area contributed by atoms with E-state index >= 15 is 0 Å². The van der Waals surface area contributed by atoms with Crippen LogP contribution in [0, 0.1) is 0 Å². The monoisotopic (exact) mass is 359 g/mol. The summed E-state index contributed by atoms with van der Waals surface area (Å²) in [6, 6.07) is 8.24. The molecule has 0 bridgehead atoms. The molecule has 6 nitrogen and oxygen atoms in total. The summed E-state index contributed by atoms with van der Waals surface area (Å²) < 4.78 is 0. The molecule has 1 aromatic rings. The summed E-state index contributed by atoms with van der Waals surface area (Å²) >= 11 is 0. The zero-order valence-electron chi connectivity index (χ0n) is 16.1. The third-order valence-corrected chi connectivity index (χ3v) is 4.94. The first-order chi connectivity index (χ1) is 12.4. The number of likely N-dealkylation sites (N-methyl/N-ethyl adjacent to an activating group) is 1. The molecule has 0 aromatic heterocycles. The fourth-order valence-electron chi connectivity index (χ4n) is 3.50. The molecule has 2 atom stereocenters. The van der Waals surface area contributed by atoms with Crippen molar-refractivity contribution in [3.05, 3.63) is 35.9 Å². The van der Waals surface area contributed by atoms with Gasteiger partial charge in [-0.15, -0.1) is 0 Å². The fraction of sp³-hybridized carbons (Fsp3) is 0.550. The van der Waals surface area contributed by atoms with E-state index in [9.17, 15) is 14.4 Å². The normalized spacial score (nSPS) is 20.2. The van der Waals surface area contributed by atoms with Gasteiger partial charge in [0.15, 0.2) is 0 Å². The number of nitrogens with zero attached hydrogens (tertiary/aromatic N) is 2. The van der Waals surface area contributed by atoms with Gasteiger partial charge in [-0.3, -0.25) is 19.3 Å². The molecular weight excluding hydrogens is 330 g/mol. The maximum atomic E-state index is 12.8. The van der Waals surface area contributed by atoms with Crippen molar-refractivity contribution in [3.8, 4) is 0 Å². The minimum absolute atomic E-state index is 0.0924. The number of carbonyl (C=O) groups is 3. The third-order valence-electron chi connectivity index (χ3n) is 4.94. The van der Waals surface area contributed by atoms with Crippen LogP contribution in [0.25, 0.3) is 0 Å². The van der Waals surface area contributed by atoms with E-state index in [0.717, 1.165) is 0 Å². The number of likely N-dealkylation sites (tertiary alicyclic amines) is 1. The summed E-state index contributed by atoms with van der Waals surface area (Å²) in [5.41, 5.74) is 0.375. The van der Waals surface area contributed by atoms with E-state index in [1.807, 2.05) is 32.6 Å². The first-order valence-electron chi connectivity index (χ1n) is 9.33. The summed E-state index contributed by atoms with van der Waals surface area (Å²) in [6.07, 6.45) is 0.529. The van der Waals surface area contributed by atoms with Crippen LogP contribution >= 0.6 is 0 Å². The van der Waals surface area contributed by atoms with Gasteiger partial charge in [0.1, 0.15) is 0 Å². The number of carbonyl (C=O) groups excluding carboxylic acids is 3. The Balaban J connectivity index is 2.06. The van der Waals surface area contributed by atoms with Crippen molar-refractivity contribution >= 4 is 17.6 Å². The molecule has 1 fully saturated rings. The molecule has 1 heterocycles. The lowest BCUT2D eigenvalue weighted by atomic mass is 10.1. The minimum atomic E-state index is -0.610. The Morgan fingerprint density at radius 1 is 1.15 bits per heavy atom. The summed E-state index contributed by atoms with van der Waals surface area (Å²) in [4.78, 5) is 41.3. The van der Waals surface area contributed by atoms with Crippen LogP contribution in [0.1, 0.15) is 44.5 Å². The quantitative estimate of drug-likeness (QED) is 0.594. The smallest absolute Gasteiger partial charge is 0.292 e.